The van der Waals surface area contributed by atoms with Gasteiger partial charge in [0, 0.05) is 23.7 Å². The van der Waals surface area contributed by atoms with E-state index in [0.717, 1.165) is 24.6 Å². The number of ether oxygens (including phenoxy) is 1. The van der Waals surface area contributed by atoms with E-state index < -0.39 is 0 Å². The summed E-state index contributed by atoms with van der Waals surface area (Å²) >= 11 is 1.78. The molecule has 0 radical (unpaired) electrons. The Morgan fingerprint density at radius 3 is 3.27 bits per heavy atom. The molecule has 0 aliphatic carbocycles. The van der Waals surface area contributed by atoms with Crippen LogP contribution in [0.4, 0.5) is 0 Å². The van der Waals surface area contributed by atoms with Gasteiger partial charge in [-0.3, -0.25) is 0 Å². The standard InChI is InChI=1S/C11H18N2OS/c1-3-12-8(2)10-7-13-11(15-10)9-5-4-6-14-9/h7-9,12H,3-6H2,1-2H3. The van der Waals surface area contributed by atoms with Crippen molar-refractivity contribution in [1.29, 1.82) is 0 Å². The molecule has 1 fully saturated rings. The van der Waals surface area contributed by atoms with Gasteiger partial charge in [-0.15, -0.1) is 11.3 Å². The molecule has 1 aromatic heterocycles. The molecule has 0 bridgehead atoms. The SMILES string of the molecule is CCNC(C)c1cnc(C2CCCO2)s1. The summed E-state index contributed by atoms with van der Waals surface area (Å²) in [6.07, 6.45) is 4.54. The lowest BCUT2D eigenvalue weighted by Gasteiger charge is -2.08. The Kier molecular flexibility index (Phi) is 3.72. The van der Waals surface area contributed by atoms with Gasteiger partial charge in [-0.25, -0.2) is 4.98 Å². The van der Waals surface area contributed by atoms with Crippen molar-refractivity contribution in [2.24, 2.45) is 0 Å². The zero-order valence-corrected chi connectivity index (χ0v) is 10.1. The number of hydrogen-bond donors (Lipinski definition) is 1. The maximum atomic E-state index is 5.62. The summed E-state index contributed by atoms with van der Waals surface area (Å²) in [5.41, 5.74) is 0. The van der Waals surface area contributed by atoms with Crippen LogP contribution in [0.15, 0.2) is 6.20 Å². The van der Waals surface area contributed by atoms with Gasteiger partial charge in [-0.1, -0.05) is 6.92 Å². The molecular formula is C11H18N2OS. The quantitative estimate of drug-likeness (QED) is 0.857. The van der Waals surface area contributed by atoms with Crippen LogP contribution < -0.4 is 5.32 Å². The minimum absolute atomic E-state index is 0.262. The van der Waals surface area contributed by atoms with Crippen LogP contribution in [0, 0.1) is 0 Å². The highest BCUT2D eigenvalue weighted by molar-refractivity contribution is 7.11. The molecule has 2 heterocycles. The lowest BCUT2D eigenvalue weighted by Crippen LogP contribution is -2.16. The Bertz CT molecular complexity index is 307. The number of nitrogens with zero attached hydrogens (tertiary/aromatic N) is 1. The summed E-state index contributed by atoms with van der Waals surface area (Å²) in [5.74, 6) is 0. The molecule has 1 aromatic rings. The van der Waals surface area contributed by atoms with E-state index in [1.807, 2.05) is 6.20 Å². The van der Waals surface area contributed by atoms with Crippen LogP contribution in [0.3, 0.4) is 0 Å². The van der Waals surface area contributed by atoms with Crippen LogP contribution in [0.2, 0.25) is 0 Å². The highest BCUT2D eigenvalue weighted by Gasteiger charge is 2.21. The third kappa shape index (κ3) is 2.56. The second-order valence-corrected chi connectivity index (χ2v) is 4.98. The first-order chi connectivity index (χ1) is 7.31. The zero-order valence-electron chi connectivity index (χ0n) is 9.32. The molecule has 3 nitrogen and oxygen atoms in total. The van der Waals surface area contributed by atoms with E-state index in [1.54, 1.807) is 11.3 Å². The fourth-order valence-electron chi connectivity index (χ4n) is 1.83. The normalized spacial score (nSPS) is 23.2. The molecule has 1 N–H and O–H groups in total. The van der Waals surface area contributed by atoms with Crippen LogP contribution >= 0.6 is 11.3 Å². The zero-order chi connectivity index (χ0) is 10.7. The monoisotopic (exact) mass is 226 g/mol. The van der Waals surface area contributed by atoms with Crippen molar-refractivity contribution in [1.82, 2.24) is 10.3 Å². The van der Waals surface area contributed by atoms with Gasteiger partial charge < -0.3 is 10.1 Å². The molecule has 1 saturated heterocycles. The summed E-state index contributed by atoms with van der Waals surface area (Å²) in [6, 6.07) is 0.405. The van der Waals surface area contributed by atoms with E-state index in [9.17, 15) is 0 Å². The first kappa shape index (κ1) is 11.0. The van der Waals surface area contributed by atoms with E-state index >= 15 is 0 Å². The Hall–Kier alpha value is -0.450. The predicted octanol–water partition coefficient (Wildman–Crippen LogP) is 2.67. The Morgan fingerprint density at radius 1 is 1.73 bits per heavy atom. The molecule has 15 heavy (non-hydrogen) atoms. The molecule has 0 saturated carbocycles. The average molecular weight is 226 g/mol. The maximum absolute atomic E-state index is 5.62. The minimum atomic E-state index is 0.262. The molecule has 0 amide bonds. The molecule has 2 unspecified atom stereocenters. The number of nitrogens with one attached hydrogen (secondary N) is 1. The van der Waals surface area contributed by atoms with Crippen LogP contribution in [0.1, 0.15) is 48.7 Å². The largest absolute Gasteiger partial charge is 0.371 e. The average Bonchev–Trinajstić information content (AvgIpc) is 2.89. The Balaban J connectivity index is 2.02. The van der Waals surface area contributed by atoms with Crippen molar-refractivity contribution in [3.8, 4) is 0 Å². The van der Waals surface area contributed by atoms with Crippen molar-refractivity contribution in [3.63, 3.8) is 0 Å². The van der Waals surface area contributed by atoms with Crippen LogP contribution in [-0.4, -0.2) is 18.1 Å². The second kappa shape index (κ2) is 5.05. The maximum Gasteiger partial charge on any atom is 0.122 e. The van der Waals surface area contributed by atoms with Crippen molar-refractivity contribution < 1.29 is 4.74 Å². The summed E-state index contributed by atoms with van der Waals surface area (Å²) in [4.78, 5) is 5.76. The molecule has 4 heteroatoms. The number of aromatic nitrogens is 1. The molecule has 84 valence electrons. The molecule has 2 rings (SSSR count). The van der Waals surface area contributed by atoms with E-state index in [0.29, 0.717) is 6.04 Å². The molecule has 2 atom stereocenters. The van der Waals surface area contributed by atoms with E-state index in [4.69, 9.17) is 4.74 Å². The molecule has 1 aliphatic rings. The van der Waals surface area contributed by atoms with Gasteiger partial charge in [0.1, 0.15) is 11.1 Å². The summed E-state index contributed by atoms with van der Waals surface area (Å²) in [6.45, 7) is 6.19. The third-order valence-corrected chi connectivity index (χ3v) is 3.96. The number of hydrogen-bond acceptors (Lipinski definition) is 4. The Morgan fingerprint density at radius 2 is 2.60 bits per heavy atom. The first-order valence-electron chi connectivity index (χ1n) is 5.62. The summed E-state index contributed by atoms with van der Waals surface area (Å²) in [5, 5.41) is 4.54. The van der Waals surface area contributed by atoms with Crippen LogP contribution in [0.5, 0.6) is 0 Å². The highest BCUT2D eigenvalue weighted by atomic mass is 32.1. The minimum Gasteiger partial charge on any atom is -0.371 e. The summed E-state index contributed by atoms with van der Waals surface area (Å²) < 4.78 is 5.62. The number of thiazole rings is 1. The molecule has 0 spiro atoms. The van der Waals surface area contributed by atoms with Gasteiger partial charge in [0.15, 0.2) is 0 Å². The first-order valence-corrected chi connectivity index (χ1v) is 6.43. The molecular weight excluding hydrogens is 208 g/mol. The van der Waals surface area contributed by atoms with Gasteiger partial charge >= 0.3 is 0 Å². The van der Waals surface area contributed by atoms with Crippen molar-refractivity contribution >= 4 is 11.3 Å². The van der Waals surface area contributed by atoms with E-state index in [-0.39, 0.29) is 6.10 Å². The fraction of sp³-hybridized carbons (Fsp3) is 0.727. The van der Waals surface area contributed by atoms with Gasteiger partial charge in [0.2, 0.25) is 0 Å². The Labute approximate surface area is 94.9 Å². The van der Waals surface area contributed by atoms with Crippen LogP contribution in [-0.2, 0) is 4.74 Å². The van der Waals surface area contributed by atoms with Crippen molar-refractivity contribution in [2.45, 2.75) is 38.8 Å². The third-order valence-electron chi connectivity index (χ3n) is 2.68. The second-order valence-electron chi connectivity index (χ2n) is 3.88. The van der Waals surface area contributed by atoms with Gasteiger partial charge in [0.25, 0.3) is 0 Å². The lowest BCUT2D eigenvalue weighted by molar-refractivity contribution is 0.111. The number of rotatable bonds is 4. The van der Waals surface area contributed by atoms with Gasteiger partial charge in [-0.2, -0.15) is 0 Å². The molecule has 1 aliphatic heterocycles. The fourth-order valence-corrected chi connectivity index (χ4v) is 2.86. The lowest BCUT2D eigenvalue weighted by atomic mass is 10.2. The van der Waals surface area contributed by atoms with E-state index in [2.05, 4.69) is 24.1 Å². The van der Waals surface area contributed by atoms with Crippen LogP contribution in [0.25, 0.3) is 0 Å². The van der Waals surface area contributed by atoms with Gasteiger partial charge in [0.05, 0.1) is 0 Å². The predicted molar refractivity (Wildman–Crippen MR) is 62.1 cm³/mol. The van der Waals surface area contributed by atoms with E-state index in [1.165, 1.54) is 11.3 Å². The topological polar surface area (TPSA) is 34.2 Å². The van der Waals surface area contributed by atoms with Crippen molar-refractivity contribution in [2.75, 3.05) is 13.2 Å². The van der Waals surface area contributed by atoms with Crippen molar-refractivity contribution in [3.05, 3.63) is 16.1 Å². The highest BCUT2D eigenvalue weighted by Crippen LogP contribution is 2.32. The van der Waals surface area contributed by atoms with Gasteiger partial charge in [-0.05, 0) is 26.3 Å². The molecule has 0 aromatic carbocycles. The summed E-state index contributed by atoms with van der Waals surface area (Å²) in [7, 11) is 0. The smallest absolute Gasteiger partial charge is 0.122 e.